The Morgan fingerprint density at radius 2 is 2.12 bits per heavy atom. The monoisotopic (exact) mass is 274 g/mol. The van der Waals surface area contributed by atoms with Crippen molar-refractivity contribution in [2.75, 3.05) is 13.1 Å². The Morgan fingerprint density at radius 3 is 2.76 bits per heavy atom. The fourth-order valence-corrected chi connectivity index (χ4v) is 1.78. The van der Waals surface area contributed by atoms with E-state index >= 15 is 0 Å². The summed E-state index contributed by atoms with van der Waals surface area (Å²) in [6.45, 7) is 3.57. The molecule has 1 amide bonds. The maximum Gasteiger partial charge on any atom is 0.233 e. The Hall–Kier alpha value is -0.770. The van der Waals surface area contributed by atoms with Gasteiger partial charge in [-0.1, -0.05) is 36.2 Å². The fraction of sp³-hybridized carbons (Fsp3) is 0.417. The van der Waals surface area contributed by atoms with E-state index in [-0.39, 0.29) is 5.91 Å². The van der Waals surface area contributed by atoms with Crippen LogP contribution in [0.4, 0.5) is 0 Å². The van der Waals surface area contributed by atoms with E-state index in [0.29, 0.717) is 29.7 Å². The van der Waals surface area contributed by atoms with E-state index in [0.717, 1.165) is 12.0 Å². The van der Waals surface area contributed by atoms with Gasteiger partial charge in [0, 0.05) is 23.1 Å². The summed E-state index contributed by atoms with van der Waals surface area (Å²) in [6, 6.07) is 5.32. The fourth-order valence-electron chi connectivity index (χ4n) is 1.30. The Bertz CT molecular complexity index is 383. The summed E-state index contributed by atoms with van der Waals surface area (Å²) in [7, 11) is 0. The predicted octanol–water partition coefficient (Wildman–Crippen LogP) is 2.61. The molecule has 0 aliphatic rings. The lowest BCUT2D eigenvalue weighted by Crippen LogP contribution is -2.33. The second-order valence-corrected chi connectivity index (χ2v) is 4.53. The maximum absolute atomic E-state index is 11.3. The van der Waals surface area contributed by atoms with Crippen LogP contribution >= 0.6 is 23.2 Å². The third-order valence-corrected chi connectivity index (χ3v) is 2.78. The number of benzene rings is 1. The number of carbonyl (C=O) groups excluding carboxylic acids is 1. The summed E-state index contributed by atoms with van der Waals surface area (Å²) in [5.74, 6) is -0.00284. The van der Waals surface area contributed by atoms with Crippen LogP contribution in [-0.4, -0.2) is 19.0 Å². The van der Waals surface area contributed by atoms with Gasteiger partial charge in [-0.15, -0.1) is 0 Å². The highest BCUT2D eigenvalue weighted by molar-refractivity contribution is 6.35. The van der Waals surface area contributed by atoms with E-state index in [9.17, 15) is 4.79 Å². The van der Waals surface area contributed by atoms with Gasteiger partial charge in [-0.2, -0.15) is 0 Å². The smallest absolute Gasteiger partial charge is 0.233 e. The molecule has 3 nitrogen and oxygen atoms in total. The van der Waals surface area contributed by atoms with Crippen LogP contribution in [0.2, 0.25) is 10.0 Å². The molecule has 5 heteroatoms. The molecule has 0 saturated carbocycles. The van der Waals surface area contributed by atoms with Crippen LogP contribution in [0.3, 0.4) is 0 Å². The second kappa shape index (κ2) is 7.54. The number of halogens is 2. The summed E-state index contributed by atoms with van der Waals surface area (Å²) in [5.41, 5.74) is 0.930. The summed E-state index contributed by atoms with van der Waals surface area (Å²) in [5, 5.41) is 7.04. The predicted molar refractivity (Wildman–Crippen MR) is 71.5 cm³/mol. The highest BCUT2D eigenvalue weighted by Crippen LogP contribution is 2.20. The molecule has 0 unspecified atom stereocenters. The summed E-state index contributed by atoms with van der Waals surface area (Å²) < 4.78 is 0. The molecule has 0 aromatic heterocycles. The van der Waals surface area contributed by atoms with E-state index < -0.39 is 0 Å². The lowest BCUT2D eigenvalue weighted by molar-refractivity contribution is -0.120. The van der Waals surface area contributed by atoms with Gasteiger partial charge in [-0.25, -0.2) is 0 Å². The Morgan fingerprint density at radius 1 is 1.35 bits per heavy atom. The Balaban J connectivity index is 2.33. The number of rotatable bonds is 6. The summed E-state index contributed by atoms with van der Waals surface area (Å²) in [4.78, 5) is 11.3. The Kier molecular flexibility index (Phi) is 6.34. The minimum Gasteiger partial charge on any atom is -0.355 e. The van der Waals surface area contributed by atoms with E-state index in [1.807, 2.05) is 13.0 Å². The van der Waals surface area contributed by atoms with Crippen molar-refractivity contribution in [1.82, 2.24) is 10.6 Å². The van der Waals surface area contributed by atoms with Gasteiger partial charge in [-0.3, -0.25) is 4.79 Å². The van der Waals surface area contributed by atoms with Crippen LogP contribution < -0.4 is 10.6 Å². The van der Waals surface area contributed by atoms with Crippen molar-refractivity contribution in [3.8, 4) is 0 Å². The van der Waals surface area contributed by atoms with Crippen molar-refractivity contribution in [2.45, 2.75) is 19.9 Å². The van der Waals surface area contributed by atoms with Crippen molar-refractivity contribution in [2.24, 2.45) is 0 Å². The molecule has 0 spiro atoms. The molecule has 17 heavy (non-hydrogen) atoms. The van der Waals surface area contributed by atoms with Gasteiger partial charge in [-0.05, 0) is 24.1 Å². The molecule has 1 rings (SSSR count). The normalized spacial score (nSPS) is 10.3. The first kappa shape index (κ1) is 14.3. The number of hydrogen-bond donors (Lipinski definition) is 2. The van der Waals surface area contributed by atoms with Crippen molar-refractivity contribution in [3.05, 3.63) is 33.8 Å². The molecule has 0 aliphatic heterocycles. The third kappa shape index (κ3) is 5.39. The molecule has 0 atom stereocenters. The van der Waals surface area contributed by atoms with E-state index in [4.69, 9.17) is 23.2 Å². The van der Waals surface area contributed by atoms with Crippen LogP contribution in [0.5, 0.6) is 0 Å². The van der Waals surface area contributed by atoms with Gasteiger partial charge >= 0.3 is 0 Å². The first-order valence-corrected chi connectivity index (χ1v) is 6.30. The third-order valence-electron chi connectivity index (χ3n) is 2.19. The molecule has 0 heterocycles. The minimum atomic E-state index is -0.00284. The van der Waals surface area contributed by atoms with Crippen LogP contribution in [0, 0.1) is 0 Å². The van der Waals surface area contributed by atoms with Crippen molar-refractivity contribution in [1.29, 1.82) is 0 Å². The van der Waals surface area contributed by atoms with Gasteiger partial charge in [0.2, 0.25) is 5.91 Å². The molecule has 2 N–H and O–H groups in total. The molecule has 0 radical (unpaired) electrons. The van der Waals surface area contributed by atoms with E-state index in [2.05, 4.69) is 10.6 Å². The zero-order valence-corrected chi connectivity index (χ0v) is 11.2. The lowest BCUT2D eigenvalue weighted by atomic mass is 10.2. The average Bonchev–Trinajstić information content (AvgIpc) is 2.29. The summed E-state index contributed by atoms with van der Waals surface area (Å²) in [6.07, 6.45) is 0.939. The quantitative estimate of drug-likeness (QED) is 0.838. The van der Waals surface area contributed by atoms with Crippen LogP contribution in [0.25, 0.3) is 0 Å². The summed E-state index contributed by atoms with van der Waals surface area (Å²) >= 11 is 11.8. The van der Waals surface area contributed by atoms with Crippen molar-refractivity contribution < 1.29 is 4.79 Å². The highest BCUT2D eigenvalue weighted by Gasteiger charge is 2.03. The van der Waals surface area contributed by atoms with Gasteiger partial charge in [0.1, 0.15) is 0 Å². The lowest BCUT2D eigenvalue weighted by Gasteiger charge is -2.07. The molecule has 1 aromatic carbocycles. The topological polar surface area (TPSA) is 41.1 Å². The van der Waals surface area contributed by atoms with E-state index in [1.54, 1.807) is 12.1 Å². The van der Waals surface area contributed by atoms with Crippen molar-refractivity contribution >= 4 is 29.1 Å². The van der Waals surface area contributed by atoms with Gasteiger partial charge < -0.3 is 10.6 Å². The standard InChI is InChI=1S/C12H16Cl2N2O/c1-2-5-16-12(17)8-15-7-9-3-4-10(13)6-11(9)14/h3-4,6,15H,2,5,7-8H2,1H3,(H,16,17). The highest BCUT2D eigenvalue weighted by atomic mass is 35.5. The van der Waals surface area contributed by atoms with Crippen LogP contribution in [0.1, 0.15) is 18.9 Å². The van der Waals surface area contributed by atoms with Gasteiger partial charge in [0.05, 0.1) is 6.54 Å². The minimum absolute atomic E-state index is 0.00284. The zero-order valence-electron chi connectivity index (χ0n) is 9.72. The van der Waals surface area contributed by atoms with Crippen molar-refractivity contribution in [3.63, 3.8) is 0 Å². The molecule has 94 valence electrons. The molecule has 1 aromatic rings. The van der Waals surface area contributed by atoms with E-state index in [1.165, 1.54) is 0 Å². The van der Waals surface area contributed by atoms with Crippen LogP contribution in [-0.2, 0) is 11.3 Å². The number of nitrogens with one attached hydrogen (secondary N) is 2. The first-order valence-electron chi connectivity index (χ1n) is 5.54. The zero-order chi connectivity index (χ0) is 12.7. The molecule has 0 aliphatic carbocycles. The Labute approximate surface area is 111 Å². The van der Waals surface area contributed by atoms with Gasteiger partial charge in [0.25, 0.3) is 0 Å². The molecular formula is C12H16Cl2N2O. The first-order chi connectivity index (χ1) is 8.13. The van der Waals surface area contributed by atoms with Crippen LogP contribution in [0.15, 0.2) is 18.2 Å². The SMILES string of the molecule is CCCNC(=O)CNCc1ccc(Cl)cc1Cl. The molecule has 0 fully saturated rings. The number of hydrogen-bond acceptors (Lipinski definition) is 2. The molecule has 0 saturated heterocycles. The molecular weight excluding hydrogens is 259 g/mol. The second-order valence-electron chi connectivity index (χ2n) is 3.69. The average molecular weight is 275 g/mol. The molecule has 0 bridgehead atoms. The number of amides is 1. The maximum atomic E-state index is 11.3. The van der Waals surface area contributed by atoms with Gasteiger partial charge in [0.15, 0.2) is 0 Å². The largest absolute Gasteiger partial charge is 0.355 e. The number of carbonyl (C=O) groups is 1.